The van der Waals surface area contributed by atoms with Crippen molar-refractivity contribution in [2.45, 2.75) is 25.8 Å². The molecule has 1 N–H and O–H groups in total. The average Bonchev–Trinajstić information content (AvgIpc) is 2.76. The quantitative estimate of drug-likeness (QED) is 0.684. The van der Waals surface area contributed by atoms with Gasteiger partial charge in [0.05, 0.1) is 11.5 Å². The van der Waals surface area contributed by atoms with Crippen molar-refractivity contribution >= 4 is 0 Å². The Hall–Kier alpha value is -1.13. The largest absolute Gasteiger partial charge is 0.442 e. The number of alkyl halides is 2. The molecule has 0 atom stereocenters. The zero-order valence-electron chi connectivity index (χ0n) is 7.59. The molecule has 0 amide bonds. The molecule has 0 saturated heterocycles. The van der Waals surface area contributed by atoms with E-state index >= 15 is 0 Å². The van der Waals surface area contributed by atoms with Crippen molar-refractivity contribution in [2.75, 3.05) is 6.61 Å². The maximum Gasteiger partial charge on any atom is 0.393 e. The summed E-state index contributed by atoms with van der Waals surface area (Å²) in [5.41, 5.74) is 0.180. The predicted molar refractivity (Wildman–Crippen MR) is 43.1 cm³/mol. The molecule has 5 heteroatoms. The summed E-state index contributed by atoms with van der Waals surface area (Å²) in [6, 6.07) is 1.39. The van der Waals surface area contributed by atoms with E-state index in [1.165, 1.54) is 6.07 Å². The Morgan fingerprint density at radius 2 is 2.29 bits per heavy atom. The number of aromatic amines is 1. The molecule has 0 unspecified atom stereocenters. The van der Waals surface area contributed by atoms with Crippen LogP contribution in [-0.4, -0.2) is 11.7 Å². The second kappa shape index (κ2) is 2.46. The van der Waals surface area contributed by atoms with Gasteiger partial charge in [-0.15, -0.1) is 0 Å². The summed E-state index contributed by atoms with van der Waals surface area (Å²) in [5, 5.41) is 2.67. The van der Waals surface area contributed by atoms with E-state index in [1.54, 1.807) is 4.68 Å². The standard InChI is InChI=1S/C9H10F2N2O/c10-8(11)6-3-7-13(12-6)4-9(1-2-9)5-14-7/h3,8H,1-2,4-5H2/p+1. The Labute approximate surface area is 79.7 Å². The van der Waals surface area contributed by atoms with Gasteiger partial charge in [0.25, 0.3) is 6.43 Å². The summed E-state index contributed by atoms with van der Waals surface area (Å²) in [5.74, 6) is 0.540. The van der Waals surface area contributed by atoms with Gasteiger partial charge in [0.15, 0.2) is 6.54 Å². The van der Waals surface area contributed by atoms with E-state index in [0.717, 1.165) is 19.4 Å². The van der Waals surface area contributed by atoms with E-state index in [4.69, 9.17) is 4.74 Å². The molecular weight excluding hydrogens is 190 g/mol. The van der Waals surface area contributed by atoms with Crippen molar-refractivity contribution in [1.82, 2.24) is 5.10 Å². The first-order valence-electron chi connectivity index (χ1n) is 4.72. The third kappa shape index (κ3) is 1.11. The van der Waals surface area contributed by atoms with E-state index < -0.39 is 6.43 Å². The summed E-state index contributed by atoms with van der Waals surface area (Å²) < 4.78 is 31.8. The normalized spacial score (nSPS) is 22.2. The molecule has 1 spiro atoms. The van der Waals surface area contributed by atoms with Crippen LogP contribution in [0.1, 0.15) is 25.0 Å². The van der Waals surface area contributed by atoms with Gasteiger partial charge in [0.1, 0.15) is 12.3 Å². The Bertz CT molecular complexity index is 371. The molecule has 1 fully saturated rings. The summed E-state index contributed by atoms with van der Waals surface area (Å²) in [6.45, 7) is 1.46. The molecule has 1 aromatic rings. The first kappa shape index (κ1) is 8.20. The van der Waals surface area contributed by atoms with Gasteiger partial charge in [0, 0.05) is 0 Å². The maximum atomic E-state index is 12.4. The van der Waals surface area contributed by atoms with Crippen LogP contribution in [0, 0.1) is 5.41 Å². The molecule has 0 aromatic carbocycles. The first-order valence-corrected chi connectivity index (χ1v) is 4.72. The van der Waals surface area contributed by atoms with Crippen molar-refractivity contribution in [3.8, 4) is 5.88 Å². The maximum absolute atomic E-state index is 12.4. The van der Waals surface area contributed by atoms with Crippen molar-refractivity contribution < 1.29 is 18.2 Å². The van der Waals surface area contributed by atoms with Crippen LogP contribution in [0.5, 0.6) is 5.88 Å². The third-order valence-corrected chi connectivity index (χ3v) is 3.02. The fourth-order valence-corrected chi connectivity index (χ4v) is 1.89. The van der Waals surface area contributed by atoms with Crippen LogP contribution in [-0.2, 0) is 6.54 Å². The number of nitrogens with zero attached hydrogens (tertiary/aromatic N) is 1. The van der Waals surface area contributed by atoms with Crippen molar-refractivity contribution in [2.24, 2.45) is 5.41 Å². The van der Waals surface area contributed by atoms with Gasteiger partial charge in [-0.2, -0.15) is 5.10 Å². The molecule has 2 heterocycles. The van der Waals surface area contributed by atoms with Crippen LogP contribution in [0.15, 0.2) is 6.07 Å². The molecule has 0 radical (unpaired) electrons. The van der Waals surface area contributed by atoms with Gasteiger partial charge in [-0.05, 0) is 12.8 Å². The summed E-state index contributed by atoms with van der Waals surface area (Å²) in [6.07, 6.45) is -0.169. The predicted octanol–water partition coefficient (Wildman–Crippen LogP) is 1.41. The van der Waals surface area contributed by atoms with E-state index in [1.807, 2.05) is 0 Å². The van der Waals surface area contributed by atoms with Crippen LogP contribution in [0.2, 0.25) is 0 Å². The van der Waals surface area contributed by atoms with Crippen LogP contribution in [0.25, 0.3) is 0 Å². The van der Waals surface area contributed by atoms with Gasteiger partial charge in [-0.3, -0.25) is 0 Å². The topological polar surface area (TPSA) is 28.9 Å². The summed E-state index contributed by atoms with van der Waals surface area (Å²) in [4.78, 5) is 0. The number of H-pyrrole nitrogens is 1. The molecule has 76 valence electrons. The second-order valence-electron chi connectivity index (χ2n) is 4.23. The molecule has 3 rings (SSSR count). The monoisotopic (exact) mass is 201 g/mol. The minimum Gasteiger partial charge on any atom is -0.442 e. The van der Waals surface area contributed by atoms with Crippen molar-refractivity contribution in [3.63, 3.8) is 0 Å². The SMILES string of the molecule is FC(F)c1cc2[n+]([nH]1)CC1(CC1)CO2. The molecule has 3 nitrogen and oxygen atoms in total. The van der Waals surface area contributed by atoms with Gasteiger partial charge in [-0.25, -0.2) is 8.78 Å². The lowest BCUT2D eigenvalue weighted by Gasteiger charge is -2.15. The van der Waals surface area contributed by atoms with Gasteiger partial charge < -0.3 is 4.74 Å². The fourth-order valence-electron chi connectivity index (χ4n) is 1.89. The Kier molecular flexibility index (Phi) is 1.44. The minimum absolute atomic E-state index is 0.0577. The molecule has 1 aliphatic carbocycles. The lowest BCUT2D eigenvalue weighted by atomic mass is 10.1. The molecular formula is C9H11F2N2O+. The highest BCUT2D eigenvalue weighted by Crippen LogP contribution is 2.47. The van der Waals surface area contributed by atoms with Gasteiger partial charge in [-0.1, -0.05) is 4.68 Å². The van der Waals surface area contributed by atoms with E-state index in [0.29, 0.717) is 12.5 Å². The Balaban J connectivity index is 1.93. The Morgan fingerprint density at radius 3 is 2.93 bits per heavy atom. The minimum atomic E-state index is -2.45. The van der Waals surface area contributed by atoms with Crippen molar-refractivity contribution in [1.29, 1.82) is 0 Å². The van der Waals surface area contributed by atoms with E-state index in [9.17, 15) is 8.78 Å². The van der Waals surface area contributed by atoms with Gasteiger partial charge in [0.2, 0.25) is 0 Å². The lowest BCUT2D eigenvalue weighted by molar-refractivity contribution is -0.770. The highest BCUT2D eigenvalue weighted by Gasteiger charge is 2.52. The third-order valence-electron chi connectivity index (χ3n) is 3.02. The number of nitrogens with one attached hydrogen (secondary N) is 1. The molecule has 1 aromatic heterocycles. The zero-order valence-corrected chi connectivity index (χ0v) is 7.59. The number of hydrogen-bond acceptors (Lipinski definition) is 1. The van der Waals surface area contributed by atoms with E-state index in [2.05, 4.69) is 5.10 Å². The number of fused-ring (bicyclic) bond motifs is 1. The smallest absolute Gasteiger partial charge is 0.393 e. The number of hydrogen-bond donors (Lipinski definition) is 1. The number of rotatable bonds is 1. The lowest BCUT2D eigenvalue weighted by Crippen LogP contribution is -2.47. The average molecular weight is 201 g/mol. The van der Waals surface area contributed by atoms with Crippen LogP contribution >= 0.6 is 0 Å². The molecule has 0 bridgehead atoms. The molecule has 1 aliphatic heterocycles. The van der Waals surface area contributed by atoms with Gasteiger partial charge >= 0.3 is 5.88 Å². The first-order chi connectivity index (χ1) is 6.69. The number of ether oxygens (including phenoxy) is 1. The number of aromatic nitrogens is 2. The summed E-state index contributed by atoms with van der Waals surface area (Å²) >= 11 is 0. The Morgan fingerprint density at radius 1 is 1.50 bits per heavy atom. The second-order valence-corrected chi connectivity index (χ2v) is 4.23. The van der Waals surface area contributed by atoms with Crippen LogP contribution < -0.4 is 9.42 Å². The molecule has 1 saturated carbocycles. The van der Waals surface area contributed by atoms with E-state index in [-0.39, 0.29) is 11.1 Å². The molecule has 14 heavy (non-hydrogen) atoms. The van der Waals surface area contributed by atoms with Crippen molar-refractivity contribution in [3.05, 3.63) is 11.8 Å². The summed E-state index contributed by atoms with van der Waals surface area (Å²) in [7, 11) is 0. The fraction of sp³-hybridized carbons (Fsp3) is 0.667. The highest BCUT2D eigenvalue weighted by molar-refractivity contribution is 5.12. The number of halogens is 2. The molecule has 2 aliphatic rings. The van der Waals surface area contributed by atoms with Crippen LogP contribution in [0.4, 0.5) is 8.78 Å². The highest BCUT2D eigenvalue weighted by atomic mass is 19.3. The van der Waals surface area contributed by atoms with Crippen LogP contribution in [0.3, 0.4) is 0 Å². The zero-order chi connectivity index (χ0) is 9.76.